The number of para-hydroxylation sites is 1. The van der Waals surface area contributed by atoms with Gasteiger partial charge in [0.05, 0.1) is 25.5 Å². The van der Waals surface area contributed by atoms with Crippen LogP contribution in [0.4, 0.5) is 0 Å². The van der Waals surface area contributed by atoms with Crippen molar-refractivity contribution in [2.75, 3.05) is 13.7 Å². The van der Waals surface area contributed by atoms with E-state index in [0.29, 0.717) is 18.1 Å². The van der Waals surface area contributed by atoms with Gasteiger partial charge in [0.1, 0.15) is 5.75 Å². The molecule has 0 aliphatic heterocycles. The molecule has 2 aromatic carbocycles. The van der Waals surface area contributed by atoms with Crippen LogP contribution in [0.3, 0.4) is 0 Å². The number of hydrogen-bond donors (Lipinski definition) is 2. The van der Waals surface area contributed by atoms with Crippen LogP contribution in [0.25, 0.3) is 0 Å². The standard InChI is InChI=1S/C19H22N2O4/c1-3-4-11-25-17-10-9-14(12-18(17)24-2)13-20-21-19(23)15-7-5-6-8-16(15)22/h5-10,12-13,22H,3-4,11H2,1-2H3,(H,21,23)/b20-13-. The molecule has 132 valence electrons. The number of hydrogen-bond acceptors (Lipinski definition) is 5. The number of carbonyl (C=O) groups is 1. The second-order valence-electron chi connectivity index (χ2n) is 5.33. The lowest BCUT2D eigenvalue weighted by Crippen LogP contribution is -2.17. The highest BCUT2D eigenvalue weighted by Crippen LogP contribution is 2.27. The molecule has 0 aliphatic carbocycles. The van der Waals surface area contributed by atoms with Crippen LogP contribution in [0.1, 0.15) is 35.7 Å². The molecule has 0 heterocycles. The van der Waals surface area contributed by atoms with E-state index in [2.05, 4.69) is 17.5 Å². The van der Waals surface area contributed by atoms with E-state index in [0.717, 1.165) is 18.4 Å². The third-order valence-electron chi connectivity index (χ3n) is 3.47. The van der Waals surface area contributed by atoms with E-state index in [4.69, 9.17) is 9.47 Å². The number of methoxy groups -OCH3 is 1. The van der Waals surface area contributed by atoms with E-state index in [1.807, 2.05) is 6.07 Å². The minimum atomic E-state index is -0.485. The molecule has 0 atom stereocenters. The van der Waals surface area contributed by atoms with Gasteiger partial charge in [-0.25, -0.2) is 5.43 Å². The molecule has 0 radical (unpaired) electrons. The van der Waals surface area contributed by atoms with Crippen molar-refractivity contribution in [3.63, 3.8) is 0 Å². The van der Waals surface area contributed by atoms with Gasteiger partial charge in [0.2, 0.25) is 0 Å². The number of benzene rings is 2. The van der Waals surface area contributed by atoms with Crippen LogP contribution >= 0.6 is 0 Å². The molecule has 0 aromatic heterocycles. The monoisotopic (exact) mass is 342 g/mol. The van der Waals surface area contributed by atoms with Gasteiger partial charge in [0.25, 0.3) is 5.91 Å². The predicted molar refractivity (Wildman–Crippen MR) is 96.6 cm³/mol. The Morgan fingerprint density at radius 3 is 2.76 bits per heavy atom. The number of amides is 1. The molecule has 0 aliphatic rings. The van der Waals surface area contributed by atoms with E-state index in [1.165, 1.54) is 18.3 Å². The van der Waals surface area contributed by atoms with Crippen LogP contribution < -0.4 is 14.9 Å². The predicted octanol–water partition coefficient (Wildman–Crippen LogP) is 3.34. The van der Waals surface area contributed by atoms with Crippen molar-refractivity contribution in [3.8, 4) is 17.2 Å². The third-order valence-corrected chi connectivity index (χ3v) is 3.47. The molecule has 0 saturated carbocycles. The summed E-state index contributed by atoms with van der Waals surface area (Å²) in [6.07, 6.45) is 3.53. The molecule has 6 heteroatoms. The van der Waals surface area contributed by atoms with Crippen molar-refractivity contribution in [1.29, 1.82) is 0 Å². The summed E-state index contributed by atoms with van der Waals surface area (Å²) in [4.78, 5) is 12.0. The highest BCUT2D eigenvalue weighted by molar-refractivity contribution is 5.97. The van der Waals surface area contributed by atoms with Gasteiger partial charge in [-0.3, -0.25) is 4.79 Å². The number of nitrogens with one attached hydrogen (secondary N) is 1. The first-order valence-corrected chi connectivity index (χ1v) is 8.08. The second kappa shape index (κ2) is 9.32. The molecule has 1 amide bonds. The Balaban J connectivity index is 2.01. The zero-order valence-corrected chi connectivity index (χ0v) is 14.4. The summed E-state index contributed by atoms with van der Waals surface area (Å²) in [5, 5.41) is 13.5. The molecule has 0 fully saturated rings. The molecule has 0 bridgehead atoms. The van der Waals surface area contributed by atoms with E-state index in [1.54, 1.807) is 31.4 Å². The fourth-order valence-corrected chi connectivity index (χ4v) is 2.10. The summed E-state index contributed by atoms with van der Waals surface area (Å²) in [5.41, 5.74) is 3.29. The van der Waals surface area contributed by atoms with Gasteiger partial charge >= 0.3 is 0 Å². The number of ether oxygens (including phenoxy) is 2. The number of carbonyl (C=O) groups excluding carboxylic acids is 1. The Morgan fingerprint density at radius 2 is 2.04 bits per heavy atom. The third kappa shape index (κ3) is 5.24. The SMILES string of the molecule is CCCCOc1ccc(/C=N\NC(=O)c2ccccc2O)cc1OC. The van der Waals surface area contributed by atoms with Crippen molar-refractivity contribution in [2.24, 2.45) is 5.10 Å². The minimum Gasteiger partial charge on any atom is -0.507 e. The summed E-state index contributed by atoms with van der Waals surface area (Å²) < 4.78 is 11.0. The summed E-state index contributed by atoms with van der Waals surface area (Å²) in [5.74, 6) is 0.699. The zero-order valence-electron chi connectivity index (χ0n) is 14.4. The van der Waals surface area contributed by atoms with Crippen molar-refractivity contribution < 1.29 is 19.4 Å². The zero-order chi connectivity index (χ0) is 18.1. The maximum Gasteiger partial charge on any atom is 0.275 e. The molecule has 2 aromatic rings. The van der Waals surface area contributed by atoms with Gasteiger partial charge in [-0.2, -0.15) is 5.10 Å². The Bertz CT molecular complexity index is 744. The fourth-order valence-electron chi connectivity index (χ4n) is 2.10. The van der Waals surface area contributed by atoms with Crippen molar-refractivity contribution >= 4 is 12.1 Å². The highest BCUT2D eigenvalue weighted by Gasteiger charge is 2.09. The van der Waals surface area contributed by atoms with Crippen molar-refractivity contribution in [1.82, 2.24) is 5.43 Å². The quantitative estimate of drug-likeness (QED) is 0.438. The molecular formula is C19H22N2O4. The van der Waals surface area contributed by atoms with Gasteiger partial charge in [0, 0.05) is 0 Å². The van der Waals surface area contributed by atoms with Crippen LogP contribution in [0.5, 0.6) is 17.2 Å². The number of phenols is 1. The summed E-state index contributed by atoms with van der Waals surface area (Å²) in [6.45, 7) is 2.74. The number of phenolic OH excluding ortho intramolecular Hbond substituents is 1. The van der Waals surface area contributed by atoms with Gasteiger partial charge in [-0.15, -0.1) is 0 Å². The molecular weight excluding hydrogens is 320 g/mol. The molecule has 0 saturated heterocycles. The molecule has 25 heavy (non-hydrogen) atoms. The molecule has 6 nitrogen and oxygen atoms in total. The normalized spacial score (nSPS) is 10.6. The average molecular weight is 342 g/mol. The van der Waals surface area contributed by atoms with E-state index < -0.39 is 5.91 Å². The number of hydrazone groups is 1. The number of nitrogens with zero attached hydrogens (tertiary/aromatic N) is 1. The van der Waals surface area contributed by atoms with E-state index in [-0.39, 0.29) is 11.3 Å². The van der Waals surface area contributed by atoms with E-state index in [9.17, 15) is 9.90 Å². The smallest absolute Gasteiger partial charge is 0.275 e. The topological polar surface area (TPSA) is 80.2 Å². The van der Waals surface area contributed by atoms with Crippen LogP contribution in [-0.4, -0.2) is 30.9 Å². The van der Waals surface area contributed by atoms with E-state index >= 15 is 0 Å². The lowest BCUT2D eigenvalue weighted by molar-refractivity contribution is 0.0952. The first kappa shape index (κ1) is 18.3. The minimum absolute atomic E-state index is 0.0922. The number of unbranched alkanes of at least 4 members (excludes halogenated alkanes) is 1. The Kier molecular flexibility index (Phi) is 6.83. The van der Waals surface area contributed by atoms with Gasteiger partial charge in [0.15, 0.2) is 11.5 Å². The second-order valence-corrected chi connectivity index (χ2v) is 5.33. The molecule has 0 spiro atoms. The Hall–Kier alpha value is -3.02. The summed E-state index contributed by atoms with van der Waals surface area (Å²) in [7, 11) is 1.57. The van der Waals surface area contributed by atoms with Crippen LogP contribution in [0, 0.1) is 0 Å². The molecule has 2 N–H and O–H groups in total. The average Bonchev–Trinajstić information content (AvgIpc) is 2.63. The number of rotatable bonds is 8. The Morgan fingerprint density at radius 1 is 1.24 bits per heavy atom. The van der Waals surface area contributed by atoms with Gasteiger partial charge < -0.3 is 14.6 Å². The van der Waals surface area contributed by atoms with Gasteiger partial charge in [-0.05, 0) is 42.3 Å². The molecule has 2 rings (SSSR count). The van der Waals surface area contributed by atoms with Crippen molar-refractivity contribution in [2.45, 2.75) is 19.8 Å². The highest BCUT2D eigenvalue weighted by atomic mass is 16.5. The van der Waals surface area contributed by atoms with Crippen LogP contribution in [0.2, 0.25) is 0 Å². The fraction of sp³-hybridized carbons (Fsp3) is 0.263. The summed E-state index contributed by atoms with van der Waals surface area (Å²) >= 11 is 0. The maximum absolute atomic E-state index is 12.0. The summed E-state index contributed by atoms with van der Waals surface area (Å²) in [6, 6.07) is 11.7. The first-order valence-electron chi connectivity index (χ1n) is 8.08. The van der Waals surface area contributed by atoms with Gasteiger partial charge in [-0.1, -0.05) is 25.5 Å². The number of aromatic hydroxyl groups is 1. The lowest BCUT2D eigenvalue weighted by Gasteiger charge is -2.10. The van der Waals surface area contributed by atoms with Crippen molar-refractivity contribution in [3.05, 3.63) is 53.6 Å². The van der Waals surface area contributed by atoms with Crippen LogP contribution in [-0.2, 0) is 0 Å². The molecule has 0 unspecified atom stereocenters. The largest absolute Gasteiger partial charge is 0.507 e. The maximum atomic E-state index is 12.0. The lowest BCUT2D eigenvalue weighted by atomic mass is 10.2. The van der Waals surface area contributed by atoms with Crippen LogP contribution in [0.15, 0.2) is 47.6 Å². The Labute approximate surface area is 147 Å². The first-order chi connectivity index (χ1) is 12.2.